The van der Waals surface area contributed by atoms with Crippen LogP contribution in [0.15, 0.2) is 47.3 Å². The van der Waals surface area contributed by atoms with Gasteiger partial charge in [0.05, 0.1) is 21.8 Å². The van der Waals surface area contributed by atoms with E-state index in [1.165, 1.54) is 0 Å². The summed E-state index contributed by atoms with van der Waals surface area (Å²) in [6.07, 6.45) is 2.18. The molecule has 0 saturated carbocycles. The molecule has 26 heavy (non-hydrogen) atoms. The molecule has 0 fully saturated rings. The van der Waals surface area contributed by atoms with Gasteiger partial charge in [-0.3, -0.25) is 9.59 Å². The third kappa shape index (κ3) is 4.14. The Labute approximate surface area is 163 Å². The van der Waals surface area contributed by atoms with E-state index in [-0.39, 0.29) is 11.5 Å². The van der Waals surface area contributed by atoms with E-state index in [1.807, 2.05) is 24.3 Å². The van der Waals surface area contributed by atoms with Crippen molar-refractivity contribution < 1.29 is 4.79 Å². The highest BCUT2D eigenvalue weighted by molar-refractivity contribution is 9.09. The molecule has 0 bridgehead atoms. The number of amides is 1. The summed E-state index contributed by atoms with van der Waals surface area (Å²) in [5.74, 6) is -0.0794. The lowest BCUT2D eigenvalue weighted by molar-refractivity contribution is -0.116. The van der Waals surface area contributed by atoms with Crippen LogP contribution in [0.1, 0.15) is 19.3 Å². The number of fused-ring (bicyclic) bond motifs is 1. The van der Waals surface area contributed by atoms with Gasteiger partial charge in [-0.25, -0.2) is 5.10 Å². The summed E-state index contributed by atoms with van der Waals surface area (Å²) in [7, 11) is 0. The van der Waals surface area contributed by atoms with Gasteiger partial charge in [-0.05, 0) is 31.0 Å². The van der Waals surface area contributed by atoms with E-state index in [2.05, 4.69) is 31.4 Å². The highest BCUT2D eigenvalue weighted by Gasteiger charge is 2.12. The number of hydrogen-bond donors (Lipinski definition) is 2. The third-order valence-electron chi connectivity index (χ3n) is 4.00. The first-order valence-corrected chi connectivity index (χ1v) is 9.73. The van der Waals surface area contributed by atoms with Gasteiger partial charge in [0.2, 0.25) is 5.91 Å². The van der Waals surface area contributed by atoms with Gasteiger partial charge in [0.15, 0.2) is 0 Å². The Morgan fingerprint density at radius 3 is 2.69 bits per heavy atom. The number of alkyl halides is 1. The number of rotatable bonds is 6. The Bertz CT molecular complexity index is 1000. The van der Waals surface area contributed by atoms with E-state index in [9.17, 15) is 9.59 Å². The normalized spacial score (nSPS) is 10.8. The molecule has 2 aromatic carbocycles. The molecular formula is C19H17BrClN3O2. The fourth-order valence-corrected chi connectivity index (χ4v) is 3.26. The molecule has 0 atom stereocenters. The van der Waals surface area contributed by atoms with Crippen molar-refractivity contribution in [3.05, 3.63) is 57.8 Å². The minimum Gasteiger partial charge on any atom is -0.325 e. The van der Waals surface area contributed by atoms with Crippen molar-refractivity contribution in [1.82, 2.24) is 10.2 Å². The molecule has 0 spiro atoms. The second-order valence-electron chi connectivity index (χ2n) is 5.84. The predicted molar refractivity (Wildman–Crippen MR) is 109 cm³/mol. The smallest absolute Gasteiger partial charge is 0.272 e. The van der Waals surface area contributed by atoms with Crippen LogP contribution < -0.4 is 10.9 Å². The Hall–Kier alpha value is -2.18. The molecule has 1 amide bonds. The summed E-state index contributed by atoms with van der Waals surface area (Å²) in [4.78, 5) is 24.1. The van der Waals surface area contributed by atoms with Crippen LogP contribution in [0.5, 0.6) is 0 Å². The van der Waals surface area contributed by atoms with Crippen LogP contribution in [0.4, 0.5) is 5.69 Å². The molecule has 134 valence electrons. The van der Waals surface area contributed by atoms with Crippen LogP contribution in [0.3, 0.4) is 0 Å². The fourth-order valence-electron chi connectivity index (χ4n) is 2.70. The zero-order valence-electron chi connectivity index (χ0n) is 13.9. The Morgan fingerprint density at radius 2 is 1.92 bits per heavy atom. The summed E-state index contributed by atoms with van der Waals surface area (Å²) in [6.45, 7) is 0. The van der Waals surface area contributed by atoms with Gasteiger partial charge in [0.25, 0.3) is 5.56 Å². The lowest BCUT2D eigenvalue weighted by atomic mass is 10.0. The van der Waals surface area contributed by atoms with Crippen LogP contribution >= 0.6 is 27.5 Å². The molecule has 1 heterocycles. The summed E-state index contributed by atoms with van der Waals surface area (Å²) >= 11 is 9.59. The fraction of sp³-hybridized carbons (Fsp3) is 0.211. The number of anilines is 1. The van der Waals surface area contributed by atoms with Gasteiger partial charge in [-0.2, -0.15) is 5.10 Å². The molecule has 2 N–H and O–H groups in total. The molecule has 0 aliphatic heterocycles. The van der Waals surface area contributed by atoms with Crippen LogP contribution in [-0.4, -0.2) is 21.4 Å². The van der Waals surface area contributed by atoms with Crippen molar-refractivity contribution in [1.29, 1.82) is 0 Å². The van der Waals surface area contributed by atoms with Gasteiger partial charge < -0.3 is 5.32 Å². The van der Waals surface area contributed by atoms with E-state index in [1.54, 1.807) is 18.2 Å². The molecule has 7 heteroatoms. The average Bonchev–Trinajstić information content (AvgIpc) is 2.64. The zero-order chi connectivity index (χ0) is 18.5. The second kappa shape index (κ2) is 8.47. The molecule has 0 aliphatic carbocycles. The van der Waals surface area contributed by atoms with Crippen LogP contribution in [0, 0.1) is 0 Å². The number of unbranched alkanes of at least 4 members (excludes halogenated alkanes) is 1. The number of halogens is 2. The van der Waals surface area contributed by atoms with Crippen molar-refractivity contribution in [2.24, 2.45) is 0 Å². The van der Waals surface area contributed by atoms with Crippen molar-refractivity contribution >= 4 is 49.9 Å². The number of nitrogens with one attached hydrogen (secondary N) is 2. The number of aromatic amines is 1. The average molecular weight is 435 g/mol. The number of carbonyl (C=O) groups is 1. The van der Waals surface area contributed by atoms with Crippen molar-refractivity contribution in [3.8, 4) is 11.3 Å². The molecule has 1 aromatic heterocycles. The minimum absolute atomic E-state index is 0.0794. The van der Waals surface area contributed by atoms with E-state index in [4.69, 9.17) is 11.6 Å². The Morgan fingerprint density at radius 1 is 1.15 bits per heavy atom. The number of carbonyl (C=O) groups excluding carboxylic acids is 1. The van der Waals surface area contributed by atoms with E-state index in [0.717, 1.165) is 29.1 Å². The standard InChI is InChI=1S/C19H17BrClN3O2/c20-10-4-3-7-17(25)22-16-11-12(8-9-15(16)21)18-13-5-1-2-6-14(13)19(26)24-23-18/h1-2,5-6,8-9,11H,3-4,7,10H2,(H,22,25)(H,24,26). The summed E-state index contributed by atoms with van der Waals surface area (Å²) in [6, 6.07) is 12.6. The van der Waals surface area contributed by atoms with Gasteiger partial charge >= 0.3 is 0 Å². The molecular weight excluding hydrogens is 418 g/mol. The van der Waals surface area contributed by atoms with Crippen LogP contribution in [0.25, 0.3) is 22.0 Å². The largest absolute Gasteiger partial charge is 0.325 e. The van der Waals surface area contributed by atoms with E-state index < -0.39 is 0 Å². The number of hydrogen-bond acceptors (Lipinski definition) is 3. The van der Waals surface area contributed by atoms with Gasteiger partial charge in [0.1, 0.15) is 0 Å². The number of H-pyrrole nitrogens is 1. The predicted octanol–water partition coefficient (Wildman–Crippen LogP) is 4.75. The number of nitrogens with zero attached hydrogens (tertiary/aromatic N) is 1. The Balaban J connectivity index is 1.94. The van der Waals surface area contributed by atoms with Gasteiger partial charge in [-0.15, -0.1) is 0 Å². The van der Waals surface area contributed by atoms with Crippen LogP contribution in [-0.2, 0) is 4.79 Å². The molecule has 5 nitrogen and oxygen atoms in total. The molecule has 0 unspecified atom stereocenters. The van der Waals surface area contributed by atoms with Crippen molar-refractivity contribution in [2.45, 2.75) is 19.3 Å². The molecule has 0 saturated heterocycles. The van der Waals surface area contributed by atoms with E-state index >= 15 is 0 Å². The second-order valence-corrected chi connectivity index (χ2v) is 7.04. The topological polar surface area (TPSA) is 74.8 Å². The van der Waals surface area contributed by atoms with Gasteiger partial charge in [0, 0.05) is 22.7 Å². The highest BCUT2D eigenvalue weighted by Crippen LogP contribution is 2.30. The molecule has 0 aliphatic rings. The summed E-state index contributed by atoms with van der Waals surface area (Å²) in [5.41, 5.74) is 1.69. The maximum atomic E-state index is 12.1. The first-order chi connectivity index (χ1) is 12.6. The first-order valence-electron chi connectivity index (χ1n) is 8.23. The third-order valence-corrected chi connectivity index (χ3v) is 4.89. The molecule has 0 radical (unpaired) electrons. The number of benzene rings is 2. The zero-order valence-corrected chi connectivity index (χ0v) is 16.2. The Kier molecular flexibility index (Phi) is 6.06. The maximum absolute atomic E-state index is 12.1. The SMILES string of the molecule is O=C(CCCCBr)Nc1cc(-c2n[nH]c(=O)c3ccccc23)ccc1Cl. The lowest BCUT2D eigenvalue weighted by Crippen LogP contribution is -2.12. The highest BCUT2D eigenvalue weighted by atomic mass is 79.9. The minimum atomic E-state index is -0.237. The number of aromatic nitrogens is 2. The maximum Gasteiger partial charge on any atom is 0.272 e. The van der Waals surface area contributed by atoms with Crippen molar-refractivity contribution in [3.63, 3.8) is 0 Å². The van der Waals surface area contributed by atoms with Crippen LogP contribution in [0.2, 0.25) is 5.02 Å². The van der Waals surface area contributed by atoms with Gasteiger partial charge in [-0.1, -0.05) is 51.8 Å². The van der Waals surface area contributed by atoms with Crippen molar-refractivity contribution in [2.75, 3.05) is 10.6 Å². The van der Waals surface area contributed by atoms with E-state index in [0.29, 0.717) is 28.2 Å². The molecule has 3 rings (SSSR count). The monoisotopic (exact) mass is 433 g/mol. The summed E-state index contributed by atoms with van der Waals surface area (Å²) < 4.78 is 0. The molecule has 3 aromatic rings. The lowest BCUT2D eigenvalue weighted by Gasteiger charge is -2.10. The quantitative estimate of drug-likeness (QED) is 0.434. The summed E-state index contributed by atoms with van der Waals surface area (Å²) in [5, 5.41) is 12.2. The first kappa shape index (κ1) is 18.6.